The van der Waals surface area contributed by atoms with Crippen LogP contribution >= 0.6 is 0 Å². The number of hydrogen-bond donors (Lipinski definition) is 1. The molecule has 0 spiro atoms. The minimum atomic E-state index is -3.39. The lowest BCUT2D eigenvalue weighted by Gasteiger charge is -2.29. The van der Waals surface area contributed by atoms with Crippen LogP contribution in [0, 0.1) is 5.92 Å². The monoisotopic (exact) mass is 352 g/mol. The van der Waals surface area contributed by atoms with Gasteiger partial charge in [0.2, 0.25) is 10.0 Å². The highest BCUT2D eigenvalue weighted by atomic mass is 32.2. The van der Waals surface area contributed by atoms with E-state index in [0.717, 1.165) is 18.0 Å². The van der Waals surface area contributed by atoms with Gasteiger partial charge in [-0.25, -0.2) is 8.42 Å². The van der Waals surface area contributed by atoms with Gasteiger partial charge in [0.15, 0.2) is 0 Å². The van der Waals surface area contributed by atoms with Gasteiger partial charge in [-0.05, 0) is 36.5 Å². The van der Waals surface area contributed by atoms with Crippen LogP contribution in [0.5, 0.6) is 0 Å². The third kappa shape index (κ3) is 4.17. The summed E-state index contributed by atoms with van der Waals surface area (Å²) >= 11 is 0. The highest BCUT2D eigenvalue weighted by Crippen LogP contribution is 2.24. The normalized spacial score (nSPS) is 26.4. The van der Waals surface area contributed by atoms with Crippen LogP contribution in [0.1, 0.15) is 38.2 Å². The second kappa shape index (κ2) is 7.95. The zero-order valence-corrected chi connectivity index (χ0v) is 15.2. The molecule has 1 saturated carbocycles. The Morgan fingerprint density at radius 1 is 1.12 bits per heavy atom. The number of ether oxygens (including phenoxy) is 1. The minimum Gasteiger partial charge on any atom is -0.379 e. The third-order valence-corrected chi connectivity index (χ3v) is 7.12. The molecule has 6 heteroatoms. The fraction of sp³-hybridized carbons (Fsp3) is 0.667. The Balaban J connectivity index is 1.60. The van der Waals surface area contributed by atoms with Gasteiger partial charge < -0.3 is 10.1 Å². The lowest BCUT2D eigenvalue weighted by atomic mass is 9.86. The smallest absolute Gasteiger partial charge is 0.243 e. The summed E-state index contributed by atoms with van der Waals surface area (Å²) < 4.78 is 31.9. The summed E-state index contributed by atoms with van der Waals surface area (Å²) in [5.74, 6) is 0.722. The Morgan fingerprint density at radius 3 is 2.46 bits per heavy atom. The summed E-state index contributed by atoms with van der Waals surface area (Å²) in [4.78, 5) is 0.374. The zero-order valence-electron chi connectivity index (χ0n) is 14.4. The molecule has 3 rings (SSSR count). The van der Waals surface area contributed by atoms with Gasteiger partial charge in [-0.15, -0.1) is 0 Å². The number of nitrogens with one attached hydrogen (secondary N) is 1. The van der Waals surface area contributed by atoms with Crippen molar-refractivity contribution in [2.45, 2.75) is 50.1 Å². The van der Waals surface area contributed by atoms with Crippen molar-refractivity contribution < 1.29 is 13.2 Å². The Bertz CT molecular complexity index is 624. The maximum absolute atomic E-state index is 12.6. The Labute approximate surface area is 145 Å². The molecule has 0 aromatic heterocycles. The molecule has 2 atom stereocenters. The molecule has 2 fully saturated rings. The van der Waals surface area contributed by atoms with Gasteiger partial charge in [-0.1, -0.05) is 31.9 Å². The van der Waals surface area contributed by atoms with E-state index < -0.39 is 10.0 Å². The average Bonchev–Trinajstić information content (AvgIpc) is 2.62. The van der Waals surface area contributed by atoms with Crippen LogP contribution in [0.25, 0.3) is 0 Å². The first-order valence-corrected chi connectivity index (χ1v) is 10.4. The van der Waals surface area contributed by atoms with E-state index in [1.54, 1.807) is 12.1 Å². The highest BCUT2D eigenvalue weighted by molar-refractivity contribution is 7.89. The molecule has 0 bridgehead atoms. The summed E-state index contributed by atoms with van der Waals surface area (Å²) in [7, 11) is -3.39. The lowest BCUT2D eigenvalue weighted by molar-refractivity contribution is 0.0730. The maximum atomic E-state index is 12.6. The van der Waals surface area contributed by atoms with Crippen molar-refractivity contribution >= 4 is 10.0 Å². The van der Waals surface area contributed by atoms with E-state index >= 15 is 0 Å². The Morgan fingerprint density at radius 2 is 1.79 bits per heavy atom. The number of nitrogens with zero attached hydrogens (tertiary/aromatic N) is 1. The van der Waals surface area contributed by atoms with Crippen molar-refractivity contribution in [3.63, 3.8) is 0 Å². The van der Waals surface area contributed by atoms with Crippen LogP contribution in [-0.2, 0) is 21.3 Å². The van der Waals surface area contributed by atoms with E-state index in [-0.39, 0.29) is 0 Å². The summed E-state index contributed by atoms with van der Waals surface area (Å²) in [5, 5.41) is 3.63. The van der Waals surface area contributed by atoms with E-state index in [4.69, 9.17) is 4.74 Å². The first-order chi connectivity index (χ1) is 11.6. The summed E-state index contributed by atoms with van der Waals surface area (Å²) in [5.41, 5.74) is 1.13. The molecule has 1 aromatic carbocycles. The van der Waals surface area contributed by atoms with E-state index in [9.17, 15) is 8.42 Å². The van der Waals surface area contributed by atoms with E-state index in [1.165, 1.54) is 30.0 Å². The molecular formula is C18H28N2O3S. The summed E-state index contributed by atoms with van der Waals surface area (Å²) in [6, 6.07) is 7.88. The van der Waals surface area contributed by atoms with Crippen LogP contribution < -0.4 is 5.32 Å². The van der Waals surface area contributed by atoms with Crippen LogP contribution in [0.15, 0.2) is 29.2 Å². The van der Waals surface area contributed by atoms with Gasteiger partial charge in [-0.2, -0.15) is 4.31 Å². The average molecular weight is 353 g/mol. The quantitative estimate of drug-likeness (QED) is 0.884. The number of rotatable bonds is 5. The lowest BCUT2D eigenvalue weighted by Crippen LogP contribution is -2.40. The molecule has 1 aliphatic heterocycles. The predicted molar refractivity (Wildman–Crippen MR) is 94.3 cm³/mol. The van der Waals surface area contributed by atoms with E-state index in [0.29, 0.717) is 37.2 Å². The van der Waals surface area contributed by atoms with Crippen LogP contribution in [0.3, 0.4) is 0 Å². The van der Waals surface area contributed by atoms with E-state index in [2.05, 4.69) is 12.2 Å². The van der Waals surface area contributed by atoms with Crippen molar-refractivity contribution in [2.75, 3.05) is 26.3 Å². The van der Waals surface area contributed by atoms with Crippen molar-refractivity contribution in [2.24, 2.45) is 5.92 Å². The minimum absolute atomic E-state index is 0.374. The van der Waals surface area contributed by atoms with Gasteiger partial charge in [0.1, 0.15) is 0 Å². The molecule has 5 nitrogen and oxygen atoms in total. The molecule has 134 valence electrons. The second-order valence-corrected chi connectivity index (χ2v) is 8.85. The standard InChI is InChI=1S/C18H28N2O3S/c1-15-4-2-3-5-18(15)19-14-16-6-8-17(9-7-16)24(21,22)20-10-12-23-13-11-20/h6-9,15,18-19H,2-5,10-14H2,1H3. The first kappa shape index (κ1) is 17.9. The third-order valence-electron chi connectivity index (χ3n) is 5.21. The summed E-state index contributed by atoms with van der Waals surface area (Å²) in [6.45, 7) is 4.93. The second-order valence-electron chi connectivity index (χ2n) is 6.91. The Hall–Kier alpha value is -0.950. The van der Waals surface area contributed by atoms with Gasteiger partial charge >= 0.3 is 0 Å². The molecular weight excluding hydrogens is 324 g/mol. The SMILES string of the molecule is CC1CCCCC1NCc1ccc(S(=O)(=O)N2CCOCC2)cc1. The predicted octanol–water partition coefficient (Wildman–Crippen LogP) is 2.38. The highest BCUT2D eigenvalue weighted by Gasteiger charge is 2.26. The molecule has 1 saturated heterocycles. The molecule has 0 radical (unpaired) electrons. The molecule has 1 heterocycles. The van der Waals surface area contributed by atoms with E-state index in [1.807, 2.05) is 12.1 Å². The first-order valence-electron chi connectivity index (χ1n) is 8.97. The summed E-state index contributed by atoms with van der Waals surface area (Å²) in [6.07, 6.45) is 5.19. The van der Waals surface area contributed by atoms with Crippen LogP contribution in [-0.4, -0.2) is 45.1 Å². The topological polar surface area (TPSA) is 58.6 Å². The fourth-order valence-electron chi connectivity index (χ4n) is 3.58. The largest absolute Gasteiger partial charge is 0.379 e. The molecule has 0 amide bonds. The fourth-order valence-corrected chi connectivity index (χ4v) is 4.99. The van der Waals surface area contributed by atoms with Gasteiger partial charge in [0.05, 0.1) is 18.1 Å². The molecule has 24 heavy (non-hydrogen) atoms. The number of sulfonamides is 1. The number of morpholine rings is 1. The number of benzene rings is 1. The van der Waals surface area contributed by atoms with Gasteiger partial charge in [-0.3, -0.25) is 0 Å². The molecule has 1 aromatic rings. The van der Waals surface area contributed by atoms with Crippen LogP contribution in [0.4, 0.5) is 0 Å². The van der Waals surface area contributed by atoms with Crippen LogP contribution in [0.2, 0.25) is 0 Å². The molecule has 1 N–H and O–H groups in total. The molecule has 2 unspecified atom stereocenters. The zero-order chi connectivity index (χ0) is 17.0. The van der Waals surface area contributed by atoms with Gasteiger partial charge in [0.25, 0.3) is 0 Å². The van der Waals surface area contributed by atoms with Crippen molar-refractivity contribution in [1.82, 2.24) is 9.62 Å². The van der Waals surface area contributed by atoms with Crippen molar-refractivity contribution in [3.05, 3.63) is 29.8 Å². The molecule has 2 aliphatic rings. The number of hydrogen-bond acceptors (Lipinski definition) is 4. The Kier molecular flexibility index (Phi) is 5.92. The maximum Gasteiger partial charge on any atom is 0.243 e. The van der Waals surface area contributed by atoms with Crippen molar-refractivity contribution in [3.8, 4) is 0 Å². The van der Waals surface area contributed by atoms with Crippen molar-refractivity contribution in [1.29, 1.82) is 0 Å². The van der Waals surface area contributed by atoms with Gasteiger partial charge in [0, 0.05) is 25.7 Å². The molecule has 1 aliphatic carbocycles.